The van der Waals surface area contributed by atoms with Crippen LogP contribution in [0.5, 0.6) is 0 Å². The molecule has 5 nitrogen and oxygen atoms in total. The fraction of sp³-hybridized carbons (Fsp3) is 0.125. The number of nitrogens with zero attached hydrogens (tertiary/aromatic N) is 1. The van der Waals surface area contributed by atoms with E-state index in [2.05, 4.69) is 10.3 Å². The summed E-state index contributed by atoms with van der Waals surface area (Å²) < 4.78 is 0. The van der Waals surface area contributed by atoms with Gasteiger partial charge in [0, 0.05) is 18.1 Å². The van der Waals surface area contributed by atoms with Crippen LogP contribution < -0.4 is 5.32 Å². The number of carboxylic acids is 1. The second-order valence-corrected chi connectivity index (χ2v) is 2.35. The molecule has 13 heavy (non-hydrogen) atoms. The number of carbonyl (C=O) groups is 2. The van der Waals surface area contributed by atoms with Crippen molar-refractivity contribution in [1.82, 2.24) is 4.98 Å². The van der Waals surface area contributed by atoms with Crippen LogP contribution in [0.2, 0.25) is 0 Å². The fourth-order valence-electron chi connectivity index (χ4n) is 0.778. The maximum Gasteiger partial charge on any atom is 0.312 e. The minimum atomic E-state index is -1.15. The van der Waals surface area contributed by atoms with Gasteiger partial charge in [0.2, 0.25) is 5.91 Å². The monoisotopic (exact) mass is 180 g/mol. The van der Waals surface area contributed by atoms with Crippen LogP contribution in [0.25, 0.3) is 0 Å². The number of hydrogen-bond acceptors (Lipinski definition) is 3. The smallest absolute Gasteiger partial charge is 0.312 e. The summed E-state index contributed by atoms with van der Waals surface area (Å²) in [6.45, 7) is 0. The summed E-state index contributed by atoms with van der Waals surface area (Å²) in [6, 6.07) is 3.17. The highest BCUT2D eigenvalue weighted by atomic mass is 16.4. The summed E-state index contributed by atoms with van der Waals surface area (Å²) in [5, 5.41) is 10.7. The third kappa shape index (κ3) is 3.33. The van der Waals surface area contributed by atoms with E-state index in [1.165, 1.54) is 12.4 Å². The minimum Gasteiger partial charge on any atom is -0.481 e. The Morgan fingerprint density at radius 3 is 2.54 bits per heavy atom. The lowest BCUT2D eigenvalue weighted by molar-refractivity contribution is -0.139. The van der Waals surface area contributed by atoms with Crippen molar-refractivity contribution in [3.8, 4) is 0 Å². The quantitative estimate of drug-likeness (QED) is 0.663. The van der Waals surface area contributed by atoms with Crippen LogP contribution in [0.3, 0.4) is 0 Å². The first-order chi connectivity index (χ1) is 6.18. The zero-order valence-corrected chi connectivity index (χ0v) is 6.73. The van der Waals surface area contributed by atoms with Crippen molar-refractivity contribution >= 4 is 17.6 Å². The molecule has 0 saturated carbocycles. The number of aromatic nitrogens is 1. The van der Waals surface area contributed by atoms with Crippen molar-refractivity contribution in [3.63, 3.8) is 0 Å². The van der Waals surface area contributed by atoms with Crippen LogP contribution in [0.4, 0.5) is 5.69 Å². The van der Waals surface area contributed by atoms with E-state index in [0.29, 0.717) is 5.69 Å². The molecule has 5 heteroatoms. The van der Waals surface area contributed by atoms with E-state index in [4.69, 9.17) is 5.11 Å². The average Bonchev–Trinajstić information content (AvgIpc) is 2.04. The molecule has 0 atom stereocenters. The maximum absolute atomic E-state index is 10.9. The van der Waals surface area contributed by atoms with Gasteiger partial charge < -0.3 is 10.4 Å². The first kappa shape index (κ1) is 9.18. The number of rotatable bonds is 3. The summed E-state index contributed by atoms with van der Waals surface area (Å²) >= 11 is 0. The van der Waals surface area contributed by atoms with Gasteiger partial charge in [-0.1, -0.05) is 0 Å². The van der Waals surface area contributed by atoms with E-state index in [1.54, 1.807) is 12.1 Å². The Hall–Kier alpha value is -1.91. The van der Waals surface area contributed by atoms with Crippen molar-refractivity contribution in [1.29, 1.82) is 0 Å². The molecule has 0 unspecified atom stereocenters. The highest BCUT2D eigenvalue weighted by molar-refractivity contribution is 6.01. The predicted molar refractivity (Wildman–Crippen MR) is 45.1 cm³/mol. The third-order valence-electron chi connectivity index (χ3n) is 1.28. The van der Waals surface area contributed by atoms with Crippen molar-refractivity contribution < 1.29 is 14.7 Å². The van der Waals surface area contributed by atoms with Crippen molar-refractivity contribution in [2.24, 2.45) is 0 Å². The molecule has 1 aromatic rings. The number of carbonyl (C=O) groups excluding carboxylic acids is 1. The molecule has 0 aliphatic heterocycles. The molecule has 1 aromatic heterocycles. The van der Waals surface area contributed by atoms with E-state index in [9.17, 15) is 9.59 Å². The summed E-state index contributed by atoms with van der Waals surface area (Å²) in [4.78, 5) is 24.8. The number of anilines is 1. The van der Waals surface area contributed by atoms with Crippen LogP contribution >= 0.6 is 0 Å². The second kappa shape index (κ2) is 4.20. The van der Waals surface area contributed by atoms with Crippen LogP contribution in [-0.2, 0) is 9.59 Å². The standard InChI is InChI=1S/C8H8N2O3/c11-7(5-8(12)13)10-6-1-3-9-4-2-6/h1-4H,5H2,(H,12,13)(H,9,10,11). The molecule has 0 aliphatic rings. The number of carboxylic acid groups (broad SMARTS) is 1. The molecule has 2 N–H and O–H groups in total. The lowest BCUT2D eigenvalue weighted by Gasteiger charge is -2.01. The number of pyridine rings is 1. The number of hydrogen-bond donors (Lipinski definition) is 2. The summed E-state index contributed by atoms with van der Waals surface area (Å²) in [5.74, 6) is -1.69. The van der Waals surface area contributed by atoms with Gasteiger partial charge in [-0.2, -0.15) is 0 Å². The zero-order valence-electron chi connectivity index (χ0n) is 6.73. The third-order valence-corrected chi connectivity index (χ3v) is 1.28. The Morgan fingerprint density at radius 1 is 1.38 bits per heavy atom. The van der Waals surface area contributed by atoms with E-state index >= 15 is 0 Å². The molecule has 0 aliphatic carbocycles. The zero-order chi connectivity index (χ0) is 9.68. The van der Waals surface area contributed by atoms with Crippen molar-refractivity contribution in [2.75, 3.05) is 5.32 Å². The summed E-state index contributed by atoms with van der Waals surface area (Å²) in [7, 11) is 0. The lowest BCUT2D eigenvalue weighted by Crippen LogP contribution is -2.15. The van der Waals surface area contributed by atoms with Gasteiger partial charge in [0.05, 0.1) is 0 Å². The van der Waals surface area contributed by atoms with E-state index < -0.39 is 18.3 Å². The number of aliphatic carboxylic acids is 1. The number of nitrogens with one attached hydrogen (secondary N) is 1. The highest BCUT2D eigenvalue weighted by Gasteiger charge is 2.06. The maximum atomic E-state index is 10.9. The van der Waals surface area contributed by atoms with E-state index in [-0.39, 0.29) is 0 Å². The summed E-state index contributed by atoms with van der Waals surface area (Å²) in [6.07, 6.45) is 2.50. The van der Waals surface area contributed by atoms with Crippen LogP contribution in [-0.4, -0.2) is 22.0 Å². The van der Waals surface area contributed by atoms with E-state index in [0.717, 1.165) is 0 Å². The normalized spacial score (nSPS) is 9.23. The SMILES string of the molecule is O=C(O)CC(=O)Nc1ccncc1. The molecule has 1 rings (SSSR count). The molecule has 0 aromatic carbocycles. The molecule has 0 saturated heterocycles. The van der Waals surface area contributed by atoms with Gasteiger partial charge in [-0.15, -0.1) is 0 Å². The van der Waals surface area contributed by atoms with Gasteiger partial charge in [0.1, 0.15) is 6.42 Å². The minimum absolute atomic E-state index is 0.525. The molecule has 1 amide bonds. The lowest BCUT2D eigenvalue weighted by atomic mass is 10.3. The Morgan fingerprint density at radius 2 is 2.00 bits per heavy atom. The van der Waals surface area contributed by atoms with Gasteiger partial charge in [-0.25, -0.2) is 0 Å². The second-order valence-electron chi connectivity index (χ2n) is 2.35. The van der Waals surface area contributed by atoms with Crippen molar-refractivity contribution in [3.05, 3.63) is 24.5 Å². The van der Waals surface area contributed by atoms with Gasteiger partial charge in [-0.05, 0) is 12.1 Å². The first-order valence-electron chi connectivity index (χ1n) is 3.60. The van der Waals surface area contributed by atoms with Gasteiger partial charge in [0.25, 0.3) is 0 Å². The molecule has 0 fully saturated rings. The van der Waals surface area contributed by atoms with Crippen LogP contribution in [0.15, 0.2) is 24.5 Å². The van der Waals surface area contributed by atoms with Gasteiger partial charge in [0.15, 0.2) is 0 Å². The Bertz CT molecular complexity index is 310. The Kier molecular flexibility index (Phi) is 2.97. The average molecular weight is 180 g/mol. The van der Waals surface area contributed by atoms with Crippen LogP contribution in [0.1, 0.15) is 6.42 Å². The number of amides is 1. The Balaban J connectivity index is 2.50. The van der Waals surface area contributed by atoms with Gasteiger partial charge >= 0.3 is 5.97 Å². The fourth-order valence-corrected chi connectivity index (χ4v) is 0.778. The molecular formula is C8H8N2O3. The molecule has 0 radical (unpaired) electrons. The van der Waals surface area contributed by atoms with E-state index in [1.807, 2.05) is 0 Å². The Labute approximate surface area is 74.4 Å². The van der Waals surface area contributed by atoms with Crippen molar-refractivity contribution in [2.45, 2.75) is 6.42 Å². The first-order valence-corrected chi connectivity index (χ1v) is 3.60. The molecule has 0 bridgehead atoms. The topological polar surface area (TPSA) is 79.3 Å². The van der Waals surface area contributed by atoms with Crippen LogP contribution in [0, 0.1) is 0 Å². The molecule has 1 heterocycles. The highest BCUT2D eigenvalue weighted by Crippen LogP contribution is 2.03. The molecular weight excluding hydrogens is 172 g/mol. The summed E-state index contributed by atoms with van der Waals surface area (Å²) in [5.41, 5.74) is 0.543. The predicted octanol–water partition coefficient (Wildman–Crippen LogP) is 0.495. The van der Waals surface area contributed by atoms with Gasteiger partial charge in [-0.3, -0.25) is 14.6 Å². The molecule has 68 valence electrons. The molecule has 0 spiro atoms. The largest absolute Gasteiger partial charge is 0.481 e.